The third-order valence-electron chi connectivity index (χ3n) is 3.32. The van der Waals surface area contributed by atoms with Gasteiger partial charge in [-0.05, 0) is 36.6 Å². The molecule has 1 heterocycles. The van der Waals surface area contributed by atoms with Crippen molar-refractivity contribution < 1.29 is 4.39 Å². The first kappa shape index (κ1) is 12.8. The molecule has 1 aliphatic heterocycles. The zero-order valence-corrected chi connectivity index (χ0v) is 10.9. The van der Waals surface area contributed by atoms with Gasteiger partial charge in [0.05, 0.1) is 0 Å². The summed E-state index contributed by atoms with van der Waals surface area (Å²) in [5.74, 6) is -0.240. The third kappa shape index (κ3) is 3.41. The number of nitrogens with one attached hydrogen (secondary N) is 1. The highest BCUT2D eigenvalue weighted by atomic mass is 35.5. The van der Waals surface area contributed by atoms with Crippen LogP contribution >= 0.6 is 11.6 Å². The predicted octanol–water partition coefficient (Wildman–Crippen LogP) is 2.24. The average Bonchev–Trinajstić information content (AvgIpc) is 2.33. The fraction of sp³-hybridized carbons (Fsp3) is 0.538. The van der Waals surface area contributed by atoms with Crippen LogP contribution in [0.4, 0.5) is 4.39 Å². The maximum absolute atomic E-state index is 13.3. The summed E-state index contributed by atoms with van der Waals surface area (Å²) < 4.78 is 13.3. The Labute approximate surface area is 107 Å². The molecule has 1 saturated heterocycles. The maximum Gasteiger partial charge on any atom is 0.124 e. The van der Waals surface area contributed by atoms with Crippen molar-refractivity contribution in [1.82, 2.24) is 10.2 Å². The lowest BCUT2D eigenvalue weighted by Crippen LogP contribution is -2.44. The molecule has 0 unspecified atom stereocenters. The number of rotatable bonds is 3. The van der Waals surface area contributed by atoms with Gasteiger partial charge in [-0.2, -0.15) is 0 Å². The molecule has 0 amide bonds. The quantitative estimate of drug-likeness (QED) is 0.892. The van der Waals surface area contributed by atoms with Crippen LogP contribution < -0.4 is 5.32 Å². The highest BCUT2D eigenvalue weighted by molar-refractivity contribution is 6.31. The molecular weight excluding hydrogens is 239 g/mol. The van der Waals surface area contributed by atoms with Gasteiger partial charge in [0.1, 0.15) is 5.82 Å². The summed E-state index contributed by atoms with van der Waals surface area (Å²) in [7, 11) is 0. The van der Waals surface area contributed by atoms with Crippen LogP contribution in [0.1, 0.15) is 11.1 Å². The third-order valence-corrected chi connectivity index (χ3v) is 3.72. The molecule has 1 aromatic carbocycles. The maximum atomic E-state index is 13.3. The molecule has 1 aromatic rings. The van der Waals surface area contributed by atoms with E-state index in [0.717, 1.165) is 50.3 Å². The fourth-order valence-electron chi connectivity index (χ4n) is 2.17. The summed E-state index contributed by atoms with van der Waals surface area (Å²) in [5.41, 5.74) is 2.02. The Morgan fingerprint density at radius 3 is 2.76 bits per heavy atom. The molecule has 0 atom stereocenters. The molecule has 17 heavy (non-hydrogen) atoms. The first-order valence-electron chi connectivity index (χ1n) is 6.04. The van der Waals surface area contributed by atoms with E-state index in [0.29, 0.717) is 5.02 Å². The minimum absolute atomic E-state index is 0.240. The van der Waals surface area contributed by atoms with Gasteiger partial charge in [0.25, 0.3) is 0 Å². The first-order chi connectivity index (χ1) is 8.16. The summed E-state index contributed by atoms with van der Waals surface area (Å²) in [5, 5.41) is 3.85. The summed E-state index contributed by atoms with van der Waals surface area (Å²) in [4.78, 5) is 2.40. The van der Waals surface area contributed by atoms with Gasteiger partial charge >= 0.3 is 0 Å². The Morgan fingerprint density at radius 2 is 2.06 bits per heavy atom. The van der Waals surface area contributed by atoms with Gasteiger partial charge in [-0.15, -0.1) is 0 Å². The van der Waals surface area contributed by atoms with Crippen molar-refractivity contribution in [3.05, 3.63) is 34.1 Å². The number of hydrogen-bond donors (Lipinski definition) is 1. The monoisotopic (exact) mass is 256 g/mol. The standard InChI is InChI=1S/C13H18ClFN2/c1-10-11(8-12(15)9-13(10)14)2-5-17-6-3-16-4-7-17/h8-9,16H,2-7H2,1H3. The second kappa shape index (κ2) is 5.80. The second-order valence-electron chi connectivity index (χ2n) is 4.51. The van der Waals surface area contributed by atoms with E-state index in [-0.39, 0.29) is 5.82 Å². The molecule has 0 radical (unpaired) electrons. The lowest BCUT2D eigenvalue weighted by molar-refractivity contribution is 0.243. The first-order valence-corrected chi connectivity index (χ1v) is 6.42. The van der Waals surface area contributed by atoms with E-state index in [2.05, 4.69) is 10.2 Å². The number of piperazine rings is 1. The van der Waals surface area contributed by atoms with Crippen LogP contribution in [0.15, 0.2) is 12.1 Å². The molecule has 1 fully saturated rings. The molecule has 0 aromatic heterocycles. The van der Waals surface area contributed by atoms with E-state index >= 15 is 0 Å². The van der Waals surface area contributed by atoms with E-state index in [9.17, 15) is 4.39 Å². The van der Waals surface area contributed by atoms with Crippen LogP contribution in [-0.2, 0) is 6.42 Å². The Bertz CT molecular complexity index is 389. The van der Waals surface area contributed by atoms with Crippen LogP contribution in [0, 0.1) is 12.7 Å². The SMILES string of the molecule is Cc1c(Cl)cc(F)cc1CCN1CCNCC1. The van der Waals surface area contributed by atoms with Crippen LogP contribution in [0.2, 0.25) is 5.02 Å². The molecule has 2 rings (SSSR count). The van der Waals surface area contributed by atoms with Gasteiger partial charge < -0.3 is 10.2 Å². The molecular formula is C13H18ClFN2. The molecule has 4 heteroatoms. The summed E-state index contributed by atoms with van der Waals surface area (Å²) in [6, 6.07) is 2.98. The Morgan fingerprint density at radius 1 is 1.35 bits per heavy atom. The molecule has 2 nitrogen and oxygen atoms in total. The Balaban J connectivity index is 1.98. The summed E-state index contributed by atoms with van der Waals surface area (Å²) in [6.45, 7) is 7.16. The topological polar surface area (TPSA) is 15.3 Å². The Kier molecular flexibility index (Phi) is 4.37. The van der Waals surface area contributed by atoms with E-state index in [1.54, 1.807) is 6.07 Å². The highest BCUT2D eigenvalue weighted by Crippen LogP contribution is 2.21. The van der Waals surface area contributed by atoms with Crippen LogP contribution in [0.25, 0.3) is 0 Å². The van der Waals surface area contributed by atoms with Gasteiger partial charge in [0, 0.05) is 37.7 Å². The van der Waals surface area contributed by atoms with Crippen LogP contribution in [0.5, 0.6) is 0 Å². The number of halogens is 2. The predicted molar refractivity (Wildman–Crippen MR) is 69.2 cm³/mol. The molecule has 1 aliphatic rings. The molecule has 0 spiro atoms. The molecule has 0 saturated carbocycles. The van der Waals surface area contributed by atoms with Crippen molar-refractivity contribution in [3.8, 4) is 0 Å². The molecule has 1 N–H and O–H groups in total. The van der Waals surface area contributed by atoms with Crippen molar-refractivity contribution in [2.45, 2.75) is 13.3 Å². The molecule has 0 aliphatic carbocycles. The number of nitrogens with zero attached hydrogens (tertiary/aromatic N) is 1. The lowest BCUT2D eigenvalue weighted by Gasteiger charge is -2.27. The van der Waals surface area contributed by atoms with Crippen molar-refractivity contribution in [1.29, 1.82) is 0 Å². The second-order valence-corrected chi connectivity index (χ2v) is 4.92. The fourth-order valence-corrected chi connectivity index (χ4v) is 2.40. The number of hydrogen-bond acceptors (Lipinski definition) is 2. The zero-order chi connectivity index (χ0) is 12.3. The van der Waals surface area contributed by atoms with Crippen molar-refractivity contribution in [2.75, 3.05) is 32.7 Å². The molecule has 0 bridgehead atoms. The normalized spacial score (nSPS) is 17.4. The van der Waals surface area contributed by atoms with Gasteiger partial charge in [-0.1, -0.05) is 11.6 Å². The van der Waals surface area contributed by atoms with E-state index < -0.39 is 0 Å². The number of benzene rings is 1. The van der Waals surface area contributed by atoms with Crippen molar-refractivity contribution in [2.24, 2.45) is 0 Å². The van der Waals surface area contributed by atoms with Crippen molar-refractivity contribution in [3.63, 3.8) is 0 Å². The van der Waals surface area contributed by atoms with Crippen LogP contribution in [-0.4, -0.2) is 37.6 Å². The van der Waals surface area contributed by atoms with E-state index in [1.165, 1.54) is 6.07 Å². The largest absolute Gasteiger partial charge is 0.314 e. The minimum Gasteiger partial charge on any atom is -0.314 e. The van der Waals surface area contributed by atoms with E-state index in [4.69, 9.17) is 11.6 Å². The van der Waals surface area contributed by atoms with Gasteiger partial charge in [-0.3, -0.25) is 0 Å². The summed E-state index contributed by atoms with van der Waals surface area (Å²) >= 11 is 5.98. The zero-order valence-electron chi connectivity index (χ0n) is 10.1. The average molecular weight is 257 g/mol. The van der Waals surface area contributed by atoms with Crippen LogP contribution in [0.3, 0.4) is 0 Å². The van der Waals surface area contributed by atoms with Gasteiger partial charge in [0.15, 0.2) is 0 Å². The Hall–Kier alpha value is -0.640. The van der Waals surface area contributed by atoms with Crippen molar-refractivity contribution >= 4 is 11.6 Å². The van der Waals surface area contributed by atoms with Gasteiger partial charge in [0.2, 0.25) is 0 Å². The van der Waals surface area contributed by atoms with E-state index in [1.807, 2.05) is 6.92 Å². The smallest absolute Gasteiger partial charge is 0.124 e. The summed E-state index contributed by atoms with van der Waals surface area (Å²) in [6.07, 6.45) is 0.864. The molecule has 94 valence electrons. The highest BCUT2D eigenvalue weighted by Gasteiger charge is 2.11. The van der Waals surface area contributed by atoms with Gasteiger partial charge in [-0.25, -0.2) is 4.39 Å². The lowest BCUT2D eigenvalue weighted by atomic mass is 10.1. The minimum atomic E-state index is -0.240.